The molecule has 0 amide bonds. The monoisotopic (exact) mass is 211 g/mol. The van der Waals surface area contributed by atoms with Crippen molar-refractivity contribution in [2.75, 3.05) is 0 Å². The molecule has 0 radical (unpaired) electrons. The predicted octanol–water partition coefficient (Wildman–Crippen LogP) is 1.82. The summed E-state index contributed by atoms with van der Waals surface area (Å²) in [6.45, 7) is 1.04. The molecule has 0 unspecified atom stereocenters. The normalized spacial score (nSPS) is 23.3. The van der Waals surface area contributed by atoms with Crippen LogP contribution in [0.15, 0.2) is 0 Å². The van der Waals surface area contributed by atoms with E-state index in [1.54, 1.807) is 0 Å². The Morgan fingerprint density at radius 3 is 2.86 bits per heavy atom. The Bertz CT molecular complexity index is 379. The van der Waals surface area contributed by atoms with Gasteiger partial charge < -0.3 is 10.3 Å². The van der Waals surface area contributed by atoms with Gasteiger partial charge in [-0.3, -0.25) is 0 Å². The number of imidazole rings is 1. The van der Waals surface area contributed by atoms with Crippen molar-refractivity contribution >= 4 is 11.6 Å². The summed E-state index contributed by atoms with van der Waals surface area (Å²) in [5.74, 6) is 1.13. The molecule has 3 rings (SSSR count). The second-order valence-electron chi connectivity index (χ2n) is 4.43. The van der Waals surface area contributed by atoms with E-state index in [9.17, 15) is 0 Å². The molecular weight excluding hydrogens is 198 g/mol. The van der Waals surface area contributed by atoms with Crippen LogP contribution in [0, 0.1) is 0 Å². The van der Waals surface area contributed by atoms with E-state index in [0.29, 0.717) is 5.15 Å². The highest BCUT2D eigenvalue weighted by molar-refractivity contribution is 6.30. The molecule has 1 aliphatic carbocycles. The molecule has 0 aromatic carbocycles. The van der Waals surface area contributed by atoms with E-state index in [2.05, 4.69) is 9.55 Å². The highest BCUT2D eigenvalue weighted by Crippen LogP contribution is 2.46. The summed E-state index contributed by atoms with van der Waals surface area (Å²) in [5.41, 5.74) is 7.13. The number of aromatic nitrogens is 2. The Morgan fingerprint density at radius 1 is 1.36 bits per heavy atom. The summed E-state index contributed by atoms with van der Waals surface area (Å²) in [6.07, 6.45) is 5.61. The van der Waals surface area contributed by atoms with Gasteiger partial charge in [0.25, 0.3) is 0 Å². The summed E-state index contributed by atoms with van der Waals surface area (Å²) in [5, 5.41) is 0.641. The molecule has 4 heteroatoms. The van der Waals surface area contributed by atoms with Gasteiger partial charge in [-0.25, -0.2) is 4.98 Å². The number of hydrogen-bond acceptors (Lipinski definition) is 2. The van der Waals surface area contributed by atoms with Gasteiger partial charge in [-0.05, 0) is 25.7 Å². The van der Waals surface area contributed by atoms with Gasteiger partial charge in [-0.1, -0.05) is 11.6 Å². The van der Waals surface area contributed by atoms with E-state index in [1.807, 2.05) is 0 Å². The molecule has 1 aromatic heterocycles. The van der Waals surface area contributed by atoms with Gasteiger partial charge in [0.1, 0.15) is 5.82 Å². The van der Waals surface area contributed by atoms with Crippen LogP contribution in [0.2, 0.25) is 5.15 Å². The molecule has 2 N–H and O–H groups in total. The number of nitrogens with two attached hydrogens (primary N) is 1. The Labute approximate surface area is 88.3 Å². The Kier molecular flexibility index (Phi) is 1.71. The van der Waals surface area contributed by atoms with Gasteiger partial charge in [0, 0.05) is 13.0 Å². The smallest absolute Gasteiger partial charge is 0.152 e. The Hall–Kier alpha value is -0.540. The molecule has 0 saturated heterocycles. The fourth-order valence-electron chi connectivity index (χ4n) is 2.30. The van der Waals surface area contributed by atoms with E-state index < -0.39 is 0 Å². The first-order valence-electron chi connectivity index (χ1n) is 5.25. The first kappa shape index (κ1) is 8.74. The minimum Gasteiger partial charge on any atom is -0.329 e. The first-order valence-corrected chi connectivity index (χ1v) is 5.63. The maximum atomic E-state index is 6.19. The molecule has 0 spiro atoms. The standard InChI is InChI=1S/C10H14ClN3/c11-9-8(10(12)4-5-10)14-6-2-1-3-7(14)13-9/h1-6,12H2. The highest BCUT2D eigenvalue weighted by atomic mass is 35.5. The van der Waals surface area contributed by atoms with E-state index in [-0.39, 0.29) is 5.54 Å². The molecule has 0 atom stereocenters. The van der Waals surface area contributed by atoms with Crippen molar-refractivity contribution in [1.29, 1.82) is 0 Å². The van der Waals surface area contributed by atoms with Crippen molar-refractivity contribution in [3.63, 3.8) is 0 Å². The summed E-state index contributed by atoms with van der Waals surface area (Å²) in [6, 6.07) is 0. The molecule has 0 bridgehead atoms. The zero-order chi connectivity index (χ0) is 9.76. The maximum absolute atomic E-state index is 6.19. The quantitative estimate of drug-likeness (QED) is 0.770. The van der Waals surface area contributed by atoms with E-state index >= 15 is 0 Å². The SMILES string of the molecule is NC1(c2c(Cl)nc3n2CCCC3)CC1. The predicted molar refractivity (Wildman–Crippen MR) is 55.3 cm³/mol. The third-order valence-corrected chi connectivity index (χ3v) is 3.56. The first-order chi connectivity index (χ1) is 6.71. The Balaban J connectivity index is 2.13. The zero-order valence-electron chi connectivity index (χ0n) is 8.09. The van der Waals surface area contributed by atoms with Crippen LogP contribution >= 0.6 is 11.6 Å². The van der Waals surface area contributed by atoms with Crippen LogP contribution in [-0.2, 0) is 18.5 Å². The van der Waals surface area contributed by atoms with Crippen molar-refractivity contribution in [3.05, 3.63) is 16.7 Å². The fraction of sp³-hybridized carbons (Fsp3) is 0.700. The number of aryl methyl sites for hydroxylation is 1. The summed E-state index contributed by atoms with van der Waals surface area (Å²) in [7, 11) is 0. The summed E-state index contributed by atoms with van der Waals surface area (Å²) in [4.78, 5) is 4.41. The lowest BCUT2D eigenvalue weighted by Crippen LogP contribution is -2.25. The molecule has 1 saturated carbocycles. The molecular formula is C10H14ClN3. The lowest BCUT2D eigenvalue weighted by atomic mass is 10.1. The fourth-order valence-corrected chi connectivity index (χ4v) is 2.69. The number of fused-ring (bicyclic) bond motifs is 1. The average molecular weight is 212 g/mol. The van der Waals surface area contributed by atoms with Gasteiger partial charge >= 0.3 is 0 Å². The lowest BCUT2D eigenvalue weighted by Gasteiger charge is -2.19. The Morgan fingerprint density at radius 2 is 2.14 bits per heavy atom. The van der Waals surface area contributed by atoms with Crippen molar-refractivity contribution in [3.8, 4) is 0 Å². The second-order valence-corrected chi connectivity index (χ2v) is 4.79. The van der Waals surface area contributed by atoms with E-state index in [4.69, 9.17) is 17.3 Å². The van der Waals surface area contributed by atoms with Gasteiger partial charge in [-0.2, -0.15) is 0 Å². The largest absolute Gasteiger partial charge is 0.329 e. The summed E-state index contributed by atoms with van der Waals surface area (Å²) >= 11 is 6.15. The molecule has 76 valence electrons. The van der Waals surface area contributed by atoms with Crippen LogP contribution in [0.3, 0.4) is 0 Å². The van der Waals surface area contributed by atoms with Crippen LogP contribution in [0.4, 0.5) is 0 Å². The molecule has 2 aliphatic rings. The van der Waals surface area contributed by atoms with E-state index in [0.717, 1.165) is 37.3 Å². The van der Waals surface area contributed by atoms with Crippen LogP contribution in [0.25, 0.3) is 0 Å². The molecule has 14 heavy (non-hydrogen) atoms. The molecule has 3 nitrogen and oxygen atoms in total. The minimum atomic E-state index is -0.153. The molecule has 1 aliphatic heterocycles. The van der Waals surface area contributed by atoms with Crippen LogP contribution in [0.5, 0.6) is 0 Å². The molecule has 2 heterocycles. The van der Waals surface area contributed by atoms with Gasteiger partial charge in [0.05, 0.1) is 11.2 Å². The van der Waals surface area contributed by atoms with Gasteiger partial charge in [0.15, 0.2) is 5.15 Å². The van der Waals surface area contributed by atoms with Crippen LogP contribution in [0.1, 0.15) is 37.2 Å². The number of rotatable bonds is 1. The van der Waals surface area contributed by atoms with Crippen LogP contribution in [-0.4, -0.2) is 9.55 Å². The van der Waals surface area contributed by atoms with Crippen molar-refractivity contribution in [2.45, 2.75) is 44.2 Å². The number of nitrogens with zero attached hydrogens (tertiary/aromatic N) is 2. The topological polar surface area (TPSA) is 43.8 Å². The molecule has 1 fully saturated rings. The van der Waals surface area contributed by atoms with Crippen molar-refractivity contribution in [2.24, 2.45) is 5.73 Å². The van der Waals surface area contributed by atoms with E-state index in [1.165, 1.54) is 12.8 Å². The molecule has 1 aromatic rings. The van der Waals surface area contributed by atoms with Gasteiger partial charge in [-0.15, -0.1) is 0 Å². The minimum absolute atomic E-state index is 0.153. The van der Waals surface area contributed by atoms with Crippen LogP contribution < -0.4 is 5.73 Å². The number of halogens is 1. The average Bonchev–Trinajstić information content (AvgIpc) is 2.79. The highest BCUT2D eigenvalue weighted by Gasteiger charge is 2.45. The van der Waals surface area contributed by atoms with Gasteiger partial charge in [0.2, 0.25) is 0 Å². The zero-order valence-corrected chi connectivity index (χ0v) is 8.85. The number of hydrogen-bond donors (Lipinski definition) is 1. The summed E-state index contributed by atoms with van der Waals surface area (Å²) < 4.78 is 2.25. The van der Waals surface area contributed by atoms with Crippen molar-refractivity contribution < 1.29 is 0 Å². The third kappa shape index (κ3) is 1.12. The third-order valence-electron chi connectivity index (χ3n) is 3.30. The maximum Gasteiger partial charge on any atom is 0.152 e. The van der Waals surface area contributed by atoms with Crippen molar-refractivity contribution in [1.82, 2.24) is 9.55 Å². The lowest BCUT2D eigenvalue weighted by molar-refractivity contribution is 0.489. The second kappa shape index (κ2) is 2.74.